The third-order valence-electron chi connectivity index (χ3n) is 3.17. The maximum atomic E-state index is 11.4. The molecule has 3 heteroatoms. The number of rotatable bonds is 6. The Morgan fingerprint density at radius 2 is 2.07 bits per heavy atom. The van der Waals surface area contributed by atoms with Crippen LogP contribution in [0.15, 0.2) is 0 Å². The summed E-state index contributed by atoms with van der Waals surface area (Å²) in [6.07, 6.45) is 4.11. The van der Waals surface area contributed by atoms with Gasteiger partial charge in [-0.3, -0.25) is 4.79 Å². The monoisotopic (exact) mass is 212 g/mol. The summed E-state index contributed by atoms with van der Waals surface area (Å²) in [5.41, 5.74) is 0. The van der Waals surface area contributed by atoms with Crippen LogP contribution in [0.25, 0.3) is 0 Å². The van der Waals surface area contributed by atoms with Gasteiger partial charge in [-0.2, -0.15) is 0 Å². The SMILES string of the molecule is CCC(CC)NC(C)CN1CCCC1=O. The minimum atomic E-state index is 0.327. The van der Waals surface area contributed by atoms with Gasteiger partial charge < -0.3 is 10.2 Å². The Bertz CT molecular complexity index is 202. The van der Waals surface area contributed by atoms with E-state index >= 15 is 0 Å². The fraction of sp³-hybridized carbons (Fsp3) is 0.917. The molecule has 0 aromatic carbocycles. The summed E-state index contributed by atoms with van der Waals surface area (Å²) in [5.74, 6) is 0.327. The van der Waals surface area contributed by atoms with Crippen molar-refractivity contribution >= 4 is 5.91 Å². The molecular formula is C12H24N2O. The number of hydrogen-bond donors (Lipinski definition) is 1. The van der Waals surface area contributed by atoms with Crippen LogP contribution in [-0.4, -0.2) is 36.0 Å². The van der Waals surface area contributed by atoms with Crippen LogP contribution in [0.2, 0.25) is 0 Å². The molecule has 0 aromatic heterocycles. The molecule has 88 valence electrons. The molecule has 0 bridgehead atoms. The first-order chi connectivity index (χ1) is 7.17. The summed E-state index contributed by atoms with van der Waals surface area (Å²) >= 11 is 0. The standard InChI is InChI=1S/C12H24N2O/c1-4-11(5-2)13-10(3)9-14-8-6-7-12(14)15/h10-11,13H,4-9H2,1-3H3. The number of nitrogens with zero attached hydrogens (tertiary/aromatic N) is 1. The number of amides is 1. The Hall–Kier alpha value is -0.570. The van der Waals surface area contributed by atoms with E-state index in [1.807, 2.05) is 4.90 Å². The van der Waals surface area contributed by atoms with Crippen molar-refractivity contribution in [2.45, 2.75) is 58.5 Å². The highest BCUT2D eigenvalue weighted by Crippen LogP contribution is 2.10. The summed E-state index contributed by atoms with van der Waals surface area (Å²) in [6.45, 7) is 8.40. The minimum Gasteiger partial charge on any atom is -0.341 e. The van der Waals surface area contributed by atoms with Crippen LogP contribution in [0.1, 0.15) is 46.5 Å². The first-order valence-corrected chi connectivity index (χ1v) is 6.21. The van der Waals surface area contributed by atoms with E-state index in [0.717, 1.165) is 38.8 Å². The lowest BCUT2D eigenvalue weighted by atomic mass is 10.1. The third kappa shape index (κ3) is 3.82. The van der Waals surface area contributed by atoms with Crippen molar-refractivity contribution in [2.75, 3.05) is 13.1 Å². The molecule has 1 saturated heterocycles. The van der Waals surface area contributed by atoms with E-state index in [4.69, 9.17) is 0 Å². The van der Waals surface area contributed by atoms with E-state index in [0.29, 0.717) is 18.0 Å². The number of carbonyl (C=O) groups excluding carboxylic acids is 1. The molecule has 0 saturated carbocycles. The fourth-order valence-electron chi connectivity index (χ4n) is 2.21. The van der Waals surface area contributed by atoms with E-state index in [1.54, 1.807) is 0 Å². The Kier molecular flexibility index (Phi) is 5.09. The summed E-state index contributed by atoms with van der Waals surface area (Å²) < 4.78 is 0. The second-order valence-corrected chi connectivity index (χ2v) is 4.52. The maximum absolute atomic E-state index is 11.4. The second kappa shape index (κ2) is 6.11. The molecule has 1 aliphatic heterocycles. The molecule has 1 aliphatic rings. The topological polar surface area (TPSA) is 32.3 Å². The quantitative estimate of drug-likeness (QED) is 0.728. The van der Waals surface area contributed by atoms with Crippen LogP contribution >= 0.6 is 0 Å². The Morgan fingerprint density at radius 3 is 2.53 bits per heavy atom. The van der Waals surface area contributed by atoms with Gasteiger partial charge in [-0.25, -0.2) is 0 Å². The summed E-state index contributed by atoms with van der Waals surface area (Å²) in [4.78, 5) is 13.4. The fourth-order valence-corrected chi connectivity index (χ4v) is 2.21. The van der Waals surface area contributed by atoms with Gasteiger partial charge in [0.05, 0.1) is 0 Å². The van der Waals surface area contributed by atoms with Gasteiger partial charge in [-0.15, -0.1) is 0 Å². The average Bonchev–Trinajstić information content (AvgIpc) is 2.61. The summed E-state index contributed by atoms with van der Waals surface area (Å²) in [6, 6.07) is 1.01. The zero-order chi connectivity index (χ0) is 11.3. The Labute approximate surface area is 93.2 Å². The van der Waals surface area contributed by atoms with E-state index < -0.39 is 0 Å². The molecule has 1 heterocycles. The number of carbonyl (C=O) groups is 1. The molecule has 1 rings (SSSR count). The molecule has 3 nitrogen and oxygen atoms in total. The molecule has 0 radical (unpaired) electrons. The van der Waals surface area contributed by atoms with Crippen LogP contribution in [0.3, 0.4) is 0 Å². The van der Waals surface area contributed by atoms with Gasteiger partial charge in [0.2, 0.25) is 5.91 Å². The lowest BCUT2D eigenvalue weighted by Crippen LogP contribution is -2.43. The predicted molar refractivity (Wildman–Crippen MR) is 62.8 cm³/mol. The largest absolute Gasteiger partial charge is 0.341 e. The maximum Gasteiger partial charge on any atom is 0.222 e. The highest BCUT2D eigenvalue weighted by molar-refractivity contribution is 5.78. The Balaban J connectivity index is 2.28. The average molecular weight is 212 g/mol. The first-order valence-electron chi connectivity index (χ1n) is 6.21. The number of hydrogen-bond acceptors (Lipinski definition) is 2. The van der Waals surface area contributed by atoms with Crippen LogP contribution in [0, 0.1) is 0 Å². The van der Waals surface area contributed by atoms with Crippen LogP contribution < -0.4 is 5.32 Å². The molecule has 0 spiro atoms. The van der Waals surface area contributed by atoms with E-state index in [-0.39, 0.29) is 0 Å². The van der Waals surface area contributed by atoms with Gasteiger partial charge in [0.15, 0.2) is 0 Å². The van der Waals surface area contributed by atoms with Gasteiger partial charge in [0.25, 0.3) is 0 Å². The lowest BCUT2D eigenvalue weighted by molar-refractivity contribution is -0.127. The van der Waals surface area contributed by atoms with Gasteiger partial charge in [0, 0.05) is 31.6 Å². The molecule has 1 amide bonds. The normalized spacial score (nSPS) is 18.9. The number of likely N-dealkylation sites (tertiary alicyclic amines) is 1. The van der Waals surface area contributed by atoms with E-state index in [9.17, 15) is 4.79 Å². The van der Waals surface area contributed by atoms with E-state index in [2.05, 4.69) is 26.1 Å². The van der Waals surface area contributed by atoms with Crippen LogP contribution in [0.4, 0.5) is 0 Å². The molecule has 0 aromatic rings. The highest BCUT2D eigenvalue weighted by atomic mass is 16.2. The zero-order valence-corrected chi connectivity index (χ0v) is 10.3. The molecular weight excluding hydrogens is 188 g/mol. The van der Waals surface area contributed by atoms with Gasteiger partial charge in [0.1, 0.15) is 0 Å². The van der Waals surface area contributed by atoms with Gasteiger partial charge >= 0.3 is 0 Å². The van der Waals surface area contributed by atoms with Crippen molar-refractivity contribution in [3.8, 4) is 0 Å². The van der Waals surface area contributed by atoms with Crippen molar-refractivity contribution in [1.29, 1.82) is 0 Å². The lowest BCUT2D eigenvalue weighted by Gasteiger charge is -2.25. The summed E-state index contributed by atoms with van der Waals surface area (Å²) in [7, 11) is 0. The van der Waals surface area contributed by atoms with Gasteiger partial charge in [-0.05, 0) is 26.2 Å². The summed E-state index contributed by atoms with van der Waals surface area (Å²) in [5, 5.41) is 3.57. The molecule has 1 unspecified atom stereocenters. The van der Waals surface area contributed by atoms with Crippen molar-refractivity contribution in [3.05, 3.63) is 0 Å². The van der Waals surface area contributed by atoms with E-state index in [1.165, 1.54) is 0 Å². The van der Waals surface area contributed by atoms with Crippen molar-refractivity contribution in [2.24, 2.45) is 0 Å². The molecule has 1 N–H and O–H groups in total. The smallest absolute Gasteiger partial charge is 0.222 e. The molecule has 0 aliphatic carbocycles. The number of nitrogens with one attached hydrogen (secondary N) is 1. The Morgan fingerprint density at radius 1 is 1.40 bits per heavy atom. The molecule has 1 atom stereocenters. The predicted octanol–water partition coefficient (Wildman–Crippen LogP) is 1.78. The van der Waals surface area contributed by atoms with Crippen molar-refractivity contribution < 1.29 is 4.79 Å². The highest BCUT2D eigenvalue weighted by Gasteiger charge is 2.22. The van der Waals surface area contributed by atoms with Crippen LogP contribution in [-0.2, 0) is 4.79 Å². The van der Waals surface area contributed by atoms with Crippen LogP contribution in [0.5, 0.6) is 0 Å². The molecule has 1 fully saturated rings. The molecule has 15 heavy (non-hydrogen) atoms. The van der Waals surface area contributed by atoms with Gasteiger partial charge in [-0.1, -0.05) is 13.8 Å². The third-order valence-corrected chi connectivity index (χ3v) is 3.17. The minimum absolute atomic E-state index is 0.327. The zero-order valence-electron chi connectivity index (χ0n) is 10.3. The van der Waals surface area contributed by atoms with Crippen molar-refractivity contribution in [1.82, 2.24) is 10.2 Å². The first kappa shape index (κ1) is 12.5. The van der Waals surface area contributed by atoms with Crippen molar-refractivity contribution in [3.63, 3.8) is 0 Å². The second-order valence-electron chi connectivity index (χ2n) is 4.52.